The van der Waals surface area contributed by atoms with Gasteiger partial charge in [0.15, 0.2) is 0 Å². The van der Waals surface area contributed by atoms with E-state index in [1.54, 1.807) is 24.3 Å². The lowest BCUT2D eigenvalue weighted by molar-refractivity contribution is 0.102. The van der Waals surface area contributed by atoms with E-state index in [1.165, 1.54) is 24.4 Å². The van der Waals surface area contributed by atoms with Crippen LogP contribution < -0.4 is 10.0 Å². The molecule has 0 spiro atoms. The van der Waals surface area contributed by atoms with Gasteiger partial charge in [-0.25, -0.2) is 12.8 Å². The number of rotatable bonds is 6. The summed E-state index contributed by atoms with van der Waals surface area (Å²) in [5.41, 5.74) is 1.90. The fourth-order valence-corrected chi connectivity index (χ4v) is 3.31. The van der Waals surface area contributed by atoms with Gasteiger partial charge in [0, 0.05) is 12.3 Å². The Morgan fingerprint density at radius 1 is 1.03 bits per heavy atom. The van der Waals surface area contributed by atoms with E-state index in [0.29, 0.717) is 5.56 Å². The van der Waals surface area contributed by atoms with E-state index in [9.17, 15) is 17.6 Å². The number of aryl methyl sites for hydroxylation is 1. The molecule has 0 aliphatic carbocycles. The second-order valence-corrected chi connectivity index (χ2v) is 7.79. The van der Waals surface area contributed by atoms with Gasteiger partial charge in [-0.3, -0.25) is 14.5 Å². The summed E-state index contributed by atoms with van der Waals surface area (Å²) < 4.78 is 40.8. The highest BCUT2D eigenvalue weighted by atomic mass is 32.2. The van der Waals surface area contributed by atoms with Crippen molar-refractivity contribution in [3.63, 3.8) is 0 Å². The molecule has 0 unspecified atom stereocenters. The molecule has 0 radical (unpaired) electrons. The van der Waals surface area contributed by atoms with E-state index in [-0.39, 0.29) is 17.1 Å². The molecule has 0 bridgehead atoms. The molecular formula is C21H18FN3O3S. The quantitative estimate of drug-likeness (QED) is 0.637. The molecule has 3 rings (SSSR count). The van der Waals surface area contributed by atoms with Crippen molar-refractivity contribution >= 4 is 33.4 Å². The van der Waals surface area contributed by atoms with Gasteiger partial charge in [0.1, 0.15) is 11.5 Å². The van der Waals surface area contributed by atoms with Gasteiger partial charge in [-0.05, 0) is 42.8 Å². The van der Waals surface area contributed by atoms with Crippen molar-refractivity contribution in [1.29, 1.82) is 0 Å². The van der Waals surface area contributed by atoms with Crippen LogP contribution in [0.25, 0.3) is 6.08 Å². The van der Waals surface area contributed by atoms with Crippen molar-refractivity contribution in [2.24, 2.45) is 0 Å². The summed E-state index contributed by atoms with van der Waals surface area (Å²) in [6, 6.07) is 15.5. The summed E-state index contributed by atoms with van der Waals surface area (Å²) >= 11 is 0. The highest BCUT2D eigenvalue weighted by Gasteiger charge is 2.14. The number of anilines is 2. The SMILES string of the molecule is Cc1ccc(/C=C/S(=O)(=O)Nc2cc(F)ccc2NC(=O)c2ccccn2)cc1. The highest BCUT2D eigenvalue weighted by Crippen LogP contribution is 2.25. The lowest BCUT2D eigenvalue weighted by Gasteiger charge is -2.12. The summed E-state index contributed by atoms with van der Waals surface area (Å²) in [4.78, 5) is 16.2. The number of carbonyl (C=O) groups excluding carboxylic acids is 1. The molecule has 6 nitrogen and oxygen atoms in total. The smallest absolute Gasteiger partial charge is 0.274 e. The van der Waals surface area contributed by atoms with Crippen LogP contribution >= 0.6 is 0 Å². The van der Waals surface area contributed by atoms with Gasteiger partial charge < -0.3 is 5.32 Å². The van der Waals surface area contributed by atoms with E-state index >= 15 is 0 Å². The van der Waals surface area contributed by atoms with Crippen molar-refractivity contribution in [2.45, 2.75) is 6.92 Å². The van der Waals surface area contributed by atoms with Crippen LogP contribution in [0.15, 0.2) is 72.3 Å². The average Bonchev–Trinajstić information content (AvgIpc) is 2.70. The number of amides is 1. The zero-order valence-electron chi connectivity index (χ0n) is 15.5. The maximum Gasteiger partial charge on any atom is 0.274 e. The molecule has 1 aromatic heterocycles. The van der Waals surface area contributed by atoms with Crippen LogP contribution in [0.1, 0.15) is 21.6 Å². The minimum Gasteiger partial charge on any atom is -0.319 e. The third-order valence-electron chi connectivity index (χ3n) is 3.90. The largest absolute Gasteiger partial charge is 0.319 e. The van der Waals surface area contributed by atoms with Crippen molar-refractivity contribution < 1.29 is 17.6 Å². The molecule has 8 heteroatoms. The highest BCUT2D eigenvalue weighted by molar-refractivity contribution is 7.95. The van der Waals surface area contributed by atoms with Gasteiger partial charge >= 0.3 is 0 Å². The number of nitrogens with one attached hydrogen (secondary N) is 2. The molecule has 29 heavy (non-hydrogen) atoms. The van der Waals surface area contributed by atoms with Crippen LogP contribution in [0.2, 0.25) is 0 Å². The van der Waals surface area contributed by atoms with Crippen molar-refractivity contribution in [3.05, 3.63) is 94.9 Å². The Labute approximate surface area is 168 Å². The van der Waals surface area contributed by atoms with E-state index in [2.05, 4.69) is 15.0 Å². The summed E-state index contributed by atoms with van der Waals surface area (Å²) in [5, 5.41) is 3.52. The fraction of sp³-hybridized carbons (Fsp3) is 0.0476. The molecule has 0 fully saturated rings. The van der Waals surface area contributed by atoms with E-state index < -0.39 is 21.7 Å². The maximum atomic E-state index is 13.7. The molecule has 1 amide bonds. The van der Waals surface area contributed by atoms with Gasteiger partial charge in [0.25, 0.3) is 15.9 Å². The van der Waals surface area contributed by atoms with E-state index in [0.717, 1.165) is 23.1 Å². The third kappa shape index (κ3) is 5.73. The molecule has 2 aromatic carbocycles. The van der Waals surface area contributed by atoms with Gasteiger partial charge in [0.05, 0.1) is 16.8 Å². The van der Waals surface area contributed by atoms with Crippen LogP contribution in [0.5, 0.6) is 0 Å². The lowest BCUT2D eigenvalue weighted by atomic mass is 10.2. The summed E-state index contributed by atoms with van der Waals surface area (Å²) in [7, 11) is -3.95. The average molecular weight is 411 g/mol. The van der Waals surface area contributed by atoms with Crippen LogP contribution in [0.3, 0.4) is 0 Å². The fourth-order valence-electron chi connectivity index (χ4n) is 2.43. The summed E-state index contributed by atoms with van der Waals surface area (Å²) in [6.45, 7) is 1.93. The minimum atomic E-state index is -3.95. The Morgan fingerprint density at radius 3 is 2.48 bits per heavy atom. The first-order valence-corrected chi connectivity index (χ1v) is 10.2. The topological polar surface area (TPSA) is 88.2 Å². The van der Waals surface area contributed by atoms with E-state index in [4.69, 9.17) is 0 Å². The Balaban J connectivity index is 1.81. The van der Waals surface area contributed by atoms with Gasteiger partial charge in [-0.2, -0.15) is 0 Å². The number of hydrogen-bond acceptors (Lipinski definition) is 4. The predicted molar refractivity (Wildman–Crippen MR) is 111 cm³/mol. The molecule has 0 aliphatic heterocycles. The number of nitrogens with zero attached hydrogens (tertiary/aromatic N) is 1. The lowest BCUT2D eigenvalue weighted by Crippen LogP contribution is -2.16. The maximum absolute atomic E-state index is 13.7. The van der Waals surface area contributed by atoms with Crippen LogP contribution in [-0.4, -0.2) is 19.3 Å². The molecule has 2 N–H and O–H groups in total. The Bertz CT molecular complexity index is 1150. The number of pyridine rings is 1. The van der Waals surface area contributed by atoms with Gasteiger partial charge in [0.2, 0.25) is 0 Å². The van der Waals surface area contributed by atoms with Gasteiger partial charge in [-0.15, -0.1) is 0 Å². The first-order chi connectivity index (χ1) is 13.8. The zero-order valence-corrected chi connectivity index (χ0v) is 16.3. The summed E-state index contributed by atoms with van der Waals surface area (Å²) in [6.07, 6.45) is 2.88. The number of aromatic nitrogens is 1. The zero-order chi connectivity index (χ0) is 20.9. The Kier molecular flexibility index (Phi) is 6.04. The molecule has 0 aliphatic rings. The second kappa shape index (κ2) is 8.66. The molecule has 148 valence electrons. The normalized spacial score (nSPS) is 11.4. The first-order valence-electron chi connectivity index (χ1n) is 8.62. The van der Waals surface area contributed by atoms with Crippen LogP contribution in [0, 0.1) is 12.7 Å². The Hall–Kier alpha value is -3.52. The van der Waals surface area contributed by atoms with Gasteiger partial charge in [-0.1, -0.05) is 35.9 Å². The molecule has 0 saturated heterocycles. The number of halogens is 1. The first kappa shape index (κ1) is 20.2. The molecular weight excluding hydrogens is 393 g/mol. The number of hydrogen-bond donors (Lipinski definition) is 2. The number of benzene rings is 2. The minimum absolute atomic E-state index is 0.0946. The van der Waals surface area contributed by atoms with Crippen LogP contribution in [0.4, 0.5) is 15.8 Å². The van der Waals surface area contributed by atoms with Crippen molar-refractivity contribution in [2.75, 3.05) is 10.0 Å². The number of sulfonamides is 1. The van der Waals surface area contributed by atoms with E-state index in [1.807, 2.05) is 19.1 Å². The summed E-state index contributed by atoms with van der Waals surface area (Å²) in [5.74, 6) is -1.20. The molecule has 0 saturated carbocycles. The third-order valence-corrected chi connectivity index (χ3v) is 4.90. The molecule has 3 aromatic rings. The number of carbonyl (C=O) groups is 1. The predicted octanol–water partition coefficient (Wildman–Crippen LogP) is 4.19. The van der Waals surface area contributed by atoms with Crippen molar-refractivity contribution in [1.82, 2.24) is 4.98 Å². The monoisotopic (exact) mass is 411 g/mol. The molecule has 0 atom stereocenters. The standard InChI is InChI=1S/C21H18FN3O3S/c1-15-5-7-16(8-6-15)11-13-29(27,28)25-20-14-17(22)9-10-18(20)24-21(26)19-4-2-3-12-23-19/h2-14,25H,1H3,(H,24,26)/b13-11+. The second-order valence-electron chi connectivity index (χ2n) is 6.22. The van der Waals surface area contributed by atoms with Crippen molar-refractivity contribution in [3.8, 4) is 0 Å². The Morgan fingerprint density at radius 2 is 1.79 bits per heavy atom. The van der Waals surface area contributed by atoms with Crippen LogP contribution in [-0.2, 0) is 10.0 Å². The molecule has 1 heterocycles.